The van der Waals surface area contributed by atoms with Crippen molar-refractivity contribution in [2.45, 2.75) is 26.2 Å². The van der Waals surface area contributed by atoms with Gasteiger partial charge in [-0.25, -0.2) is 9.48 Å². The zero-order valence-corrected chi connectivity index (χ0v) is 22.6. The van der Waals surface area contributed by atoms with Crippen LogP contribution in [0.25, 0.3) is 16.6 Å². The third-order valence-corrected chi connectivity index (χ3v) is 6.28. The molecule has 5 aromatic rings. The predicted molar refractivity (Wildman–Crippen MR) is 157 cm³/mol. The maximum Gasteiger partial charge on any atom is 0.324 e. The van der Waals surface area contributed by atoms with Crippen LogP contribution in [0.3, 0.4) is 0 Å². The van der Waals surface area contributed by atoms with Gasteiger partial charge in [0.15, 0.2) is 0 Å². The third-order valence-electron chi connectivity index (χ3n) is 6.28. The quantitative estimate of drug-likeness (QED) is 0.197. The Labute approximate surface area is 235 Å². The second kappa shape index (κ2) is 12.2. The molecule has 0 radical (unpaired) electrons. The largest absolute Gasteiger partial charge is 0.457 e. The van der Waals surface area contributed by atoms with E-state index in [1.165, 1.54) is 19.3 Å². The number of rotatable bonds is 9. The van der Waals surface area contributed by atoms with Gasteiger partial charge in [0, 0.05) is 48.0 Å². The highest BCUT2D eigenvalue weighted by molar-refractivity contribution is 5.99. The Kier molecular flexibility index (Phi) is 8.05. The molecule has 4 N–H and O–H groups in total. The normalized spacial score (nSPS) is 10.8. The fourth-order valence-electron chi connectivity index (χ4n) is 4.22. The van der Waals surface area contributed by atoms with Crippen LogP contribution in [0, 0.1) is 0 Å². The highest BCUT2D eigenvalue weighted by atomic mass is 16.5. The molecule has 0 bridgehead atoms. The summed E-state index contributed by atoms with van der Waals surface area (Å²) in [4.78, 5) is 43.3. The smallest absolute Gasteiger partial charge is 0.324 e. The minimum atomic E-state index is -0.434. The summed E-state index contributed by atoms with van der Waals surface area (Å²) in [7, 11) is 1.53. The van der Waals surface area contributed by atoms with Gasteiger partial charge >= 0.3 is 6.03 Å². The molecule has 41 heavy (non-hydrogen) atoms. The molecule has 0 saturated carbocycles. The van der Waals surface area contributed by atoms with Crippen LogP contribution in [0.1, 0.15) is 35.9 Å². The van der Waals surface area contributed by atoms with Crippen LogP contribution in [-0.2, 0) is 6.42 Å². The summed E-state index contributed by atoms with van der Waals surface area (Å²) in [5, 5.41) is 13.8. The summed E-state index contributed by atoms with van der Waals surface area (Å²) in [6.45, 7) is 2.11. The average molecular weight is 552 g/mol. The second-order valence-electron chi connectivity index (χ2n) is 9.29. The lowest BCUT2D eigenvalue weighted by molar-refractivity contribution is 0.0957. The van der Waals surface area contributed by atoms with E-state index >= 15 is 0 Å². The van der Waals surface area contributed by atoms with Crippen LogP contribution in [0.4, 0.5) is 16.3 Å². The van der Waals surface area contributed by atoms with Crippen molar-refractivity contribution in [3.63, 3.8) is 0 Å². The Balaban J connectivity index is 1.30. The first-order chi connectivity index (χ1) is 19.9. The number of aryl methyl sites for hydroxylation is 1. The number of aromatic nitrogens is 4. The number of nitrogens with zero attached hydrogens (tertiary/aromatic N) is 3. The second-order valence-corrected chi connectivity index (χ2v) is 9.29. The fourth-order valence-corrected chi connectivity index (χ4v) is 4.22. The highest BCUT2D eigenvalue weighted by Crippen LogP contribution is 2.25. The number of aromatic amines is 1. The molecular formula is C30H29N7O4. The molecule has 11 nitrogen and oxygen atoms in total. The number of pyridine rings is 2. The monoisotopic (exact) mass is 551 g/mol. The maximum atomic E-state index is 13.0. The molecule has 3 aromatic heterocycles. The Morgan fingerprint density at radius 1 is 0.951 bits per heavy atom. The number of benzene rings is 2. The molecule has 5 rings (SSSR count). The molecule has 2 aromatic carbocycles. The van der Waals surface area contributed by atoms with Crippen molar-refractivity contribution in [3.8, 4) is 17.2 Å². The minimum absolute atomic E-state index is 0.169. The number of hydrogen-bond donors (Lipinski definition) is 4. The Bertz CT molecular complexity index is 1760. The van der Waals surface area contributed by atoms with Gasteiger partial charge < -0.3 is 20.4 Å². The first-order valence-corrected chi connectivity index (χ1v) is 13.2. The Morgan fingerprint density at radius 2 is 1.78 bits per heavy atom. The summed E-state index contributed by atoms with van der Waals surface area (Å²) in [5.41, 5.74) is 2.96. The number of hydrogen-bond acceptors (Lipinski definition) is 6. The molecule has 0 atom stereocenters. The first kappa shape index (κ1) is 27.1. The van der Waals surface area contributed by atoms with E-state index in [4.69, 9.17) is 9.84 Å². The van der Waals surface area contributed by atoms with Gasteiger partial charge in [0.2, 0.25) is 5.56 Å². The van der Waals surface area contributed by atoms with Gasteiger partial charge in [0.1, 0.15) is 23.0 Å². The van der Waals surface area contributed by atoms with E-state index < -0.39 is 6.03 Å². The van der Waals surface area contributed by atoms with Crippen molar-refractivity contribution < 1.29 is 14.3 Å². The van der Waals surface area contributed by atoms with Crippen LogP contribution in [0.2, 0.25) is 0 Å². The molecular weight excluding hydrogens is 522 g/mol. The van der Waals surface area contributed by atoms with Crippen molar-refractivity contribution in [2.24, 2.45) is 0 Å². The van der Waals surface area contributed by atoms with Crippen molar-refractivity contribution >= 4 is 34.3 Å². The number of fused-ring (bicyclic) bond motifs is 1. The summed E-state index contributed by atoms with van der Waals surface area (Å²) in [5.74, 6) is 1.20. The molecule has 0 aliphatic heterocycles. The van der Waals surface area contributed by atoms with E-state index in [0.29, 0.717) is 23.0 Å². The Morgan fingerprint density at radius 3 is 2.56 bits per heavy atom. The van der Waals surface area contributed by atoms with Crippen LogP contribution >= 0.6 is 0 Å². The lowest BCUT2D eigenvalue weighted by atomic mass is 10.2. The molecule has 0 saturated heterocycles. The Hall–Kier alpha value is -5.45. The lowest BCUT2D eigenvalue weighted by Crippen LogP contribution is -2.21. The zero-order chi connectivity index (χ0) is 28.8. The van der Waals surface area contributed by atoms with Gasteiger partial charge in [-0.1, -0.05) is 13.3 Å². The summed E-state index contributed by atoms with van der Waals surface area (Å²) >= 11 is 0. The topological polar surface area (TPSA) is 143 Å². The number of amides is 3. The number of H-pyrrole nitrogens is 1. The fraction of sp³-hybridized carbons (Fsp3) is 0.167. The van der Waals surface area contributed by atoms with E-state index in [-0.39, 0.29) is 17.2 Å². The molecule has 0 unspecified atom stereocenters. The number of carbonyl (C=O) groups is 2. The molecule has 208 valence electrons. The number of urea groups is 1. The predicted octanol–water partition coefficient (Wildman–Crippen LogP) is 5.25. The summed E-state index contributed by atoms with van der Waals surface area (Å²) in [6, 6.07) is 20.3. The maximum absolute atomic E-state index is 13.0. The van der Waals surface area contributed by atoms with Crippen LogP contribution < -0.4 is 26.2 Å². The van der Waals surface area contributed by atoms with Crippen molar-refractivity contribution in [1.82, 2.24) is 25.1 Å². The molecule has 0 fully saturated rings. The molecule has 3 heterocycles. The molecule has 0 spiro atoms. The average Bonchev–Trinajstić information content (AvgIpc) is 3.38. The van der Waals surface area contributed by atoms with Gasteiger partial charge in [-0.05, 0) is 67.4 Å². The molecule has 0 aliphatic rings. The zero-order valence-electron chi connectivity index (χ0n) is 22.6. The number of unbranched alkanes of at least 4 members (excludes halogenated alkanes) is 1. The summed E-state index contributed by atoms with van der Waals surface area (Å²) in [6.07, 6.45) is 4.28. The summed E-state index contributed by atoms with van der Waals surface area (Å²) < 4.78 is 7.51. The lowest BCUT2D eigenvalue weighted by Gasteiger charge is -2.11. The van der Waals surface area contributed by atoms with E-state index in [1.807, 2.05) is 24.3 Å². The van der Waals surface area contributed by atoms with Crippen molar-refractivity contribution in [3.05, 3.63) is 101 Å². The highest BCUT2D eigenvalue weighted by Gasteiger charge is 2.14. The molecule has 0 aliphatic carbocycles. The van der Waals surface area contributed by atoms with Gasteiger partial charge in [0.25, 0.3) is 5.91 Å². The minimum Gasteiger partial charge on any atom is -0.457 e. The number of carbonyl (C=O) groups excluding carboxylic acids is 2. The van der Waals surface area contributed by atoms with Crippen LogP contribution in [0.5, 0.6) is 11.5 Å². The SMILES string of the molecule is CCCCc1cc(NC(=O)Nc2ccc(Oc3ccnc(C(=O)NC)c3)cc2)n(-c2ccc3[nH]c(=O)ccc3c2)n1. The van der Waals surface area contributed by atoms with Gasteiger partial charge in [0.05, 0.1) is 11.4 Å². The van der Waals surface area contributed by atoms with E-state index in [1.54, 1.807) is 47.1 Å². The molecule has 11 heteroatoms. The van der Waals surface area contributed by atoms with Crippen molar-refractivity contribution in [1.29, 1.82) is 0 Å². The van der Waals surface area contributed by atoms with E-state index in [2.05, 4.69) is 32.8 Å². The van der Waals surface area contributed by atoms with Crippen LogP contribution in [0.15, 0.2) is 83.8 Å². The van der Waals surface area contributed by atoms with Gasteiger partial charge in [-0.2, -0.15) is 5.10 Å². The van der Waals surface area contributed by atoms with Crippen molar-refractivity contribution in [2.75, 3.05) is 17.7 Å². The third kappa shape index (κ3) is 6.59. The number of nitrogens with one attached hydrogen (secondary N) is 4. The standard InChI is InChI=1S/C30H29N7O4/c1-3-4-5-21-17-27(37(36-21)22-9-12-25-19(16-22)6-13-28(38)34-25)35-30(40)33-20-7-10-23(11-8-20)41-24-14-15-32-26(18-24)29(39)31-2/h6-18H,3-5H2,1-2H3,(H,31,39)(H,34,38)(H2,33,35,40). The van der Waals surface area contributed by atoms with Gasteiger partial charge in [-0.3, -0.25) is 19.9 Å². The number of anilines is 2. The van der Waals surface area contributed by atoms with Gasteiger partial charge in [-0.15, -0.1) is 0 Å². The number of ether oxygens (including phenoxy) is 1. The molecule has 3 amide bonds. The van der Waals surface area contributed by atoms with E-state index in [0.717, 1.165) is 41.5 Å². The van der Waals surface area contributed by atoms with Crippen LogP contribution in [-0.4, -0.2) is 38.7 Å². The van der Waals surface area contributed by atoms with E-state index in [9.17, 15) is 14.4 Å². The first-order valence-electron chi connectivity index (χ1n) is 13.2.